The number of para-hydroxylation sites is 1. The van der Waals surface area contributed by atoms with Crippen molar-refractivity contribution in [2.75, 3.05) is 7.11 Å². The molecule has 0 saturated carbocycles. The second-order valence-corrected chi connectivity index (χ2v) is 12.2. The van der Waals surface area contributed by atoms with Gasteiger partial charge in [0.15, 0.2) is 0 Å². The number of nitrogens with one attached hydrogen (secondary N) is 1. The number of hydrogen-bond donors (Lipinski definition) is 1. The number of methoxy groups -OCH3 is 1. The molecule has 4 nitrogen and oxygen atoms in total. The van der Waals surface area contributed by atoms with E-state index in [1.807, 2.05) is 109 Å². The molecule has 2 atom stereocenters. The fraction of sp³-hybridized carbons (Fsp3) is 0.107. The van der Waals surface area contributed by atoms with Crippen molar-refractivity contribution in [1.82, 2.24) is 5.09 Å². The Morgan fingerprint density at radius 3 is 1.94 bits per heavy atom. The fourth-order valence-corrected chi connectivity index (χ4v) is 7.86. The van der Waals surface area contributed by atoms with Crippen LogP contribution in [0.4, 0.5) is 0 Å². The molecule has 1 aliphatic heterocycles. The largest absolute Gasteiger partial charge is 0.476 e. The molecule has 4 aromatic rings. The predicted molar refractivity (Wildman–Crippen MR) is 141 cm³/mol. The number of fused-ring (bicyclic) bond motifs is 1. The summed E-state index contributed by atoms with van der Waals surface area (Å²) in [6, 6.07) is 35.7. The lowest BCUT2D eigenvalue weighted by molar-refractivity contribution is -0.149. The van der Waals surface area contributed by atoms with Gasteiger partial charge in [0, 0.05) is 21.7 Å². The van der Waals surface area contributed by atoms with Crippen LogP contribution < -0.4 is 20.4 Å². The number of benzene rings is 4. The first-order chi connectivity index (χ1) is 16.6. The number of esters is 1. The van der Waals surface area contributed by atoms with Gasteiger partial charge in [-0.15, -0.1) is 0 Å². The Labute approximate surface area is 204 Å². The van der Waals surface area contributed by atoms with E-state index in [-0.39, 0.29) is 0 Å². The maximum Gasteiger partial charge on any atom is 0.349 e. The van der Waals surface area contributed by atoms with Gasteiger partial charge < -0.3 is 9.47 Å². The van der Waals surface area contributed by atoms with Crippen LogP contribution in [0.1, 0.15) is 11.6 Å². The van der Waals surface area contributed by atoms with Gasteiger partial charge in [-0.1, -0.05) is 121 Å². The van der Waals surface area contributed by atoms with Gasteiger partial charge in [-0.2, -0.15) is 0 Å². The first-order valence-electron chi connectivity index (χ1n) is 11.0. The van der Waals surface area contributed by atoms with Crippen molar-refractivity contribution in [2.24, 2.45) is 0 Å². The summed E-state index contributed by atoms with van der Waals surface area (Å²) >= 11 is 6.39. The second kappa shape index (κ2) is 9.55. The van der Waals surface area contributed by atoms with Crippen molar-refractivity contribution in [3.05, 3.63) is 115 Å². The van der Waals surface area contributed by atoms with E-state index >= 15 is 0 Å². The summed E-state index contributed by atoms with van der Waals surface area (Å²) in [5.74, 6) is 0.250. The molecule has 0 fully saturated rings. The summed E-state index contributed by atoms with van der Waals surface area (Å²) in [5.41, 5.74) is 2.86. The first kappa shape index (κ1) is 22.5. The predicted octanol–water partition coefficient (Wildman–Crippen LogP) is 4.96. The second-order valence-electron chi connectivity index (χ2n) is 8.04. The summed E-state index contributed by atoms with van der Waals surface area (Å²) in [5, 5.41) is 5.77. The minimum atomic E-state index is -2.51. The van der Waals surface area contributed by atoms with Crippen molar-refractivity contribution in [2.45, 2.75) is 12.1 Å². The molecule has 0 aromatic heterocycles. The molecular formula is C28H24NO3PS. The lowest BCUT2D eigenvalue weighted by atomic mass is 9.98. The van der Waals surface area contributed by atoms with Crippen molar-refractivity contribution in [3.63, 3.8) is 0 Å². The van der Waals surface area contributed by atoms with Crippen molar-refractivity contribution in [1.29, 1.82) is 0 Å². The van der Waals surface area contributed by atoms with Crippen LogP contribution in [0.5, 0.6) is 5.75 Å². The highest BCUT2D eigenvalue weighted by Crippen LogP contribution is 2.49. The molecule has 0 bridgehead atoms. The fourth-order valence-electron chi connectivity index (χ4n) is 4.34. The number of carbonyl (C=O) groups excluding carboxylic acids is 1. The van der Waals surface area contributed by atoms with Crippen LogP contribution in [-0.4, -0.2) is 19.2 Å². The van der Waals surface area contributed by atoms with Crippen molar-refractivity contribution in [3.8, 4) is 16.9 Å². The SMILES string of the molecule is COC(=O)[C@@H]1Oc2c(-c3ccccc3)cccc2[C@H]1NP(=S)(c1ccccc1)c1ccccc1. The van der Waals surface area contributed by atoms with E-state index in [0.29, 0.717) is 5.75 Å². The molecule has 5 rings (SSSR count). The molecule has 0 spiro atoms. The lowest BCUT2D eigenvalue weighted by Gasteiger charge is -2.29. The summed E-state index contributed by atoms with van der Waals surface area (Å²) in [6.45, 7) is 0. The number of ether oxygens (including phenoxy) is 2. The number of carbonyl (C=O) groups is 1. The molecule has 34 heavy (non-hydrogen) atoms. The molecule has 6 heteroatoms. The summed E-state index contributed by atoms with van der Waals surface area (Å²) < 4.78 is 11.5. The van der Waals surface area contributed by atoms with Crippen LogP contribution >= 0.6 is 6.19 Å². The Bertz CT molecular complexity index is 1300. The molecule has 170 valence electrons. The Balaban J connectivity index is 1.65. The van der Waals surface area contributed by atoms with Gasteiger partial charge in [-0.3, -0.25) is 5.09 Å². The highest BCUT2D eigenvalue weighted by Gasteiger charge is 2.44. The molecule has 0 saturated heterocycles. The van der Waals surface area contributed by atoms with Crippen LogP contribution in [0, 0.1) is 0 Å². The summed E-state index contributed by atoms with van der Waals surface area (Å²) in [6.07, 6.45) is -3.36. The molecule has 0 radical (unpaired) electrons. The highest BCUT2D eigenvalue weighted by atomic mass is 32.4. The van der Waals surface area contributed by atoms with Crippen LogP contribution in [0.3, 0.4) is 0 Å². The molecular weight excluding hydrogens is 461 g/mol. The zero-order valence-electron chi connectivity index (χ0n) is 18.6. The lowest BCUT2D eigenvalue weighted by Crippen LogP contribution is -2.40. The van der Waals surface area contributed by atoms with Gasteiger partial charge in [-0.25, -0.2) is 4.79 Å². The van der Waals surface area contributed by atoms with Crippen LogP contribution in [0.25, 0.3) is 11.1 Å². The monoisotopic (exact) mass is 485 g/mol. The van der Waals surface area contributed by atoms with E-state index in [9.17, 15) is 4.79 Å². The molecule has 1 aliphatic rings. The van der Waals surface area contributed by atoms with E-state index < -0.39 is 24.3 Å². The van der Waals surface area contributed by atoms with Crippen molar-refractivity contribution >= 4 is 34.6 Å². The molecule has 1 N–H and O–H groups in total. The quantitative estimate of drug-likeness (QED) is 0.309. The topological polar surface area (TPSA) is 47.6 Å². The van der Waals surface area contributed by atoms with E-state index in [1.165, 1.54) is 7.11 Å². The Morgan fingerprint density at radius 1 is 0.824 bits per heavy atom. The molecule has 0 unspecified atom stereocenters. The third kappa shape index (κ3) is 4.07. The van der Waals surface area contributed by atoms with E-state index in [4.69, 9.17) is 21.3 Å². The third-order valence-electron chi connectivity index (χ3n) is 6.01. The van der Waals surface area contributed by atoms with Gasteiger partial charge in [0.2, 0.25) is 6.10 Å². The average molecular weight is 486 g/mol. The molecule has 0 aliphatic carbocycles. The Kier molecular flexibility index (Phi) is 6.34. The van der Waals surface area contributed by atoms with Gasteiger partial charge in [-0.05, 0) is 5.56 Å². The van der Waals surface area contributed by atoms with Crippen LogP contribution in [-0.2, 0) is 21.3 Å². The van der Waals surface area contributed by atoms with Crippen molar-refractivity contribution < 1.29 is 14.3 Å². The summed E-state index contributed by atoms with van der Waals surface area (Å²) in [7, 11) is 1.38. The van der Waals surface area contributed by atoms with Gasteiger partial charge in [0.25, 0.3) is 0 Å². The molecule has 0 amide bonds. The van der Waals surface area contributed by atoms with Crippen LogP contribution in [0.15, 0.2) is 109 Å². The maximum atomic E-state index is 12.9. The smallest absolute Gasteiger partial charge is 0.349 e. The normalized spacial score (nSPS) is 17.0. The van der Waals surface area contributed by atoms with Gasteiger partial charge in [0.1, 0.15) is 5.75 Å². The van der Waals surface area contributed by atoms with E-state index in [2.05, 4.69) is 5.09 Å². The highest BCUT2D eigenvalue weighted by molar-refractivity contribution is 8.20. The van der Waals surface area contributed by atoms with Gasteiger partial charge >= 0.3 is 5.97 Å². The number of rotatable bonds is 6. The van der Waals surface area contributed by atoms with E-state index in [1.54, 1.807) is 0 Å². The minimum absolute atomic E-state index is 0.435. The maximum absolute atomic E-state index is 12.9. The Morgan fingerprint density at radius 2 is 1.38 bits per heavy atom. The number of hydrogen-bond acceptors (Lipinski definition) is 4. The van der Waals surface area contributed by atoms with E-state index in [0.717, 1.165) is 27.3 Å². The van der Waals surface area contributed by atoms with Gasteiger partial charge in [0.05, 0.1) is 19.3 Å². The zero-order chi connectivity index (χ0) is 23.5. The molecule has 4 aromatic carbocycles. The minimum Gasteiger partial charge on any atom is -0.476 e. The zero-order valence-corrected chi connectivity index (χ0v) is 20.3. The summed E-state index contributed by atoms with van der Waals surface area (Å²) in [4.78, 5) is 12.9. The standard InChI is InChI=1S/C28H24NO3PS/c1-31-28(30)27-25(24-19-11-18-23(26(24)32-27)20-12-5-2-6-13-20)29-33(34,21-14-7-3-8-15-21)22-16-9-4-10-17-22/h2-19,25,27H,1H3,(H,29,34)/t25-,27-/m1/s1. The average Bonchev–Trinajstić information content (AvgIpc) is 3.28. The van der Waals surface area contributed by atoms with Crippen LogP contribution in [0.2, 0.25) is 0 Å². The first-order valence-corrected chi connectivity index (χ1v) is 13.8. The third-order valence-corrected chi connectivity index (χ3v) is 10.3. The Hall–Kier alpha value is -3.24. The molecule has 1 heterocycles.